The van der Waals surface area contributed by atoms with Gasteiger partial charge in [0.1, 0.15) is 58.2 Å². The van der Waals surface area contributed by atoms with Gasteiger partial charge in [-0.2, -0.15) is 43.9 Å². The van der Waals surface area contributed by atoms with Crippen LogP contribution in [0.3, 0.4) is 0 Å². The Kier molecular flexibility index (Phi) is 20.6. The van der Waals surface area contributed by atoms with E-state index in [4.69, 9.17) is 11.6 Å². The maximum Gasteiger partial charge on any atom is 0.416 e. The molecule has 0 amide bonds. The van der Waals surface area contributed by atoms with E-state index < -0.39 is 46.7 Å². The van der Waals surface area contributed by atoms with Crippen LogP contribution in [0.2, 0.25) is 5.02 Å². The van der Waals surface area contributed by atoms with Crippen molar-refractivity contribution in [2.45, 2.75) is 130 Å². The van der Waals surface area contributed by atoms with Crippen LogP contribution in [0.15, 0.2) is 79.3 Å². The SMILES string of the molecule is CC(F)(F)c1cc(CCNc2ncc(C#N)c(N[C@@H]3C[C@H](O)C3(C)C)n2)cc(C(F)(F)F)c1.C[C@H]1C[C@@H](Nc2nc(NCC(=O)c3ccc(Cl)cc3)ncc2C#N)C1(C)C.Cc1cc(F)ccc1C(=O)CNc1ncc(C#N)c(N[C@@H]2C[C@H](O)C2(C)C)n1.[HH].[HH].[HH]. The molecule has 470 valence electrons. The molecule has 88 heavy (non-hydrogen) atoms. The second-order valence-corrected chi connectivity index (χ2v) is 24.3. The maximum absolute atomic E-state index is 13.7. The van der Waals surface area contributed by atoms with Crippen molar-refractivity contribution in [3.63, 3.8) is 0 Å². The average molecular weight is 1240 g/mol. The molecule has 6 atom stereocenters. The molecule has 3 aliphatic rings. The Morgan fingerprint density at radius 1 is 0.648 bits per heavy atom. The molecule has 3 fully saturated rings. The summed E-state index contributed by atoms with van der Waals surface area (Å²) in [5.41, 5.74) is 0.0442. The predicted molar refractivity (Wildman–Crippen MR) is 327 cm³/mol. The van der Waals surface area contributed by atoms with Crippen molar-refractivity contribution < 1.29 is 50.4 Å². The number of ketones is 2. The Bertz CT molecular complexity index is 3640. The Balaban J connectivity index is 0.000000288. The molecular weight excluding hydrogens is 1170 g/mol. The van der Waals surface area contributed by atoms with Crippen LogP contribution >= 0.6 is 11.6 Å². The summed E-state index contributed by atoms with van der Waals surface area (Å²) in [5, 5.41) is 66.6. The van der Waals surface area contributed by atoms with Crippen molar-refractivity contribution in [3.8, 4) is 18.2 Å². The van der Waals surface area contributed by atoms with E-state index in [2.05, 4.69) is 88.6 Å². The van der Waals surface area contributed by atoms with E-state index >= 15 is 0 Å². The molecule has 6 aromatic rings. The van der Waals surface area contributed by atoms with Crippen molar-refractivity contribution in [1.29, 1.82) is 15.8 Å². The Morgan fingerprint density at radius 3 is 1.49 bits per heavy atom. The summed E-state index contributed by atoms with van der Waals surface area (Å²) < 4.78 is 79.9. The number of benzene rings is 3. The molecule has 3 aliphatic carbocycles. The van der Waals surface area contributed by atoms with Gasteiger partial charge in [-0.1, -0.05) is 60.1 Å². The molecule has 3 aromatic heterocycles. The number of anilines is 6. The van der Waals surface area contributed by atoms with Gasteiger partial charge in [-0.15, -0.1) is 0 Å². The number of nitrogens with one attached hydrogen (secondary N) is 6. The van der Waals surface area contributed by atoms with Gasteiger partial charge in [-0.05, 0) is 116 Å². The molecular formula is C62H74ClF6N15O4. The van der Waals surface area contributed by atoms with Crippen molar-refractivity contribution >= 4 is 58.5 Å². The van der Waals surface area contributed by atoms with Crippen molar-refractivity contribution in [2.75, 3.05) is 51.5 Å². The molecule has 0 aliphatic heterocycles. The number of hydrogen-bond donors (Lipinski definition) is 8. The van der Waals surface area contributed by atoms with Crippen LogP contribution < -0.4 is 31.9 Å². The minimum Gasteiger partial charge on any atom is -0.392 e. The second kappa shape index (κ2) is 27.1. The number of carbonyl (C=O) groups excluding carboxylic acids is 2. The first-order valence-corrected chi connectivity index (χ1v) is 28.5. The van der Waals surface area contributed by atoms with Crippen LogP contribution in [-0.2, 0) is 18.5 Å². The number of aromatic nitrogens is 6. The second-order valence-electron chi connectivity index (χ2n) is 23.9. The zero-order chi connectivity index (χ0) is 64.7. The highest BCUT2D eigenvalue weighted by Crippen LogP contribution is 2.48. The summed E-state index contributed by atoms with van der Waals surface area (Å²) in [7, 11) is 0. The first-order chi connectivity index (χ1) is 41.2. The van der Waals surface area contributed by atoms with E-state index in [1.807, 2.05) is 39.8 Å². The molecule has 3 aromatic carbocycles. The minimum absolute atomic E-state index is 0. The molecule has 0 unspecified atom stereocenters. The normalized spacial score (nSPS) is 20.1. The van der Waals surface area contributed by atoms with Gasteiger partial charge in [0.2, 0.25) is 17.8 Å². The summed E-state index contributed by atoms with van der Waals surface area (Å²) in [6.07, 6.45) is 0.618. The molecule has 0 radical (unpaired) electrons. The molecule has 3 heterocycles. The fraction of sp³-hybridized carbons (Fsp3) is 0.435. The van der Waals surface area contributed by atoms with Crippen LogP contribution in [0, 0.1) is 68.9 Å². The molecule has 3 saturated carbocycles. The molecule has 0 bridgehead atoms. The van der Waals surface area contributed by atoms with Crippen LogP contribution in [0.5, 0.6) is 0 Å². The average Bonchev–Trinajstić information content (AvgIpc) is 0.850. The fourth-order valence-corrected chi connectivity index (χ4v) is 9.95. The molecule has 8 N–H and O–H groups in total. The van der Waals surface area contributed by atoms with E-state index in [9.17, 15) is 61.9 Å². The zero-order valence-corrected chi connectivity index (χ0v) is 50.6. The summed E-state index contributed by atoms with van der Waals surface area (Å²) in [4.78, 5) is 49.8. The van der Waals surface area contributed by atoms with Gasteiger partial charge in [0.25, 0.3) is 5.92 Å². The number of rotatable bonds is 19. The lowest BCUT2D eigenvalue weighted by Crippen LogP contribution is -2.57. The number of aliphatic hydroxyl groups is 2. The third kappa shape index (κ3) is 16.1. The van der Waals surface area contributed by atoms with Crippen molar-refractivity contribution in [3.05, 3.63) is 140 Å². The van der Waals surface area contributed by atoms with Crippen LogP contribution in [0.25, 0.3) is 0 Å². The van der Waals surface area contributed by atoms with Gasteiger partial charge in [0.15, 0.2) is 11.6 Å². The van der Waals surface area contributed by atoms with Gasteiger partial charge in [-0.25, -0.2) is 28.1 Å². The first kappa shape index (κ1) is 66.8. The van der Waals surface area contributed by atoms with E-state index in [0.717, 1.165) is 18.6 Å². The van der Waals surface area contributed by atoms with Crippen LogP contribution in [0.1, 0.15) is 139 Å². The predicted octanol–water partition coefficient (Wildman–Crippen LogP) is 12.2. The zero-order valence-electron chi connectivity index (χ0n) is 49.8. The van der Waals surface area contributed by atoms with E-state index in [1.165, 1.54) is 36.8 Å². The Labute approximate surface area is 515 Å². The van der Waals surface area contributed by atoms with E-state index in [-0.39, 0.29) is 105 Å². The number of halogens is 7. The minimum atomic E-state index is -4.75. The largest absolute Gasteiger partial charge is 0.416 e. The lowest BCUT2D eigenvalue weighted by atomic mass is 9.59. The number of aliphatic hydroxyl groups excluding tert-OH is 2. The van der Waals surface area contributed by atoms with Gasteiger partial charge >= 0.3 is 6.18 Å². The number of carbonyl (C=O) groups is 2. The lowest BCUT2D eigenvalue weighted by Gasteiger charge is -2.51. The number of nitrogens with zero attached hydrogens (tertiary/aromatic N) is 9. The van der Waals surface area contributed by atoms with E-state index in [0.29, 0.717) is 76.6 Å². The third-order valence-electron chi connectivity index (χ3n) is 16.8. The molecule has 19 nitrogen and oxygen atoms in total. The summed E-state index contributed by atoms with van der Waals surface area (Å²) >= 11 is 5.84. The number of aryl methyl sites for hydroxylation is 1. The van der Waals surface area contributed by atoms with Gasteiger partial charge in [0, 0.05) is 68.4 Å². The molecule has 9 rings (SSSR count). The van der Waals surface area contributed by atoms with Gasteiger partial charge in [0.05, 0.1) is 49.5 Å². The number of alkyl halides is 5. The molecule has 0 spiro atoms. The maximum atomic E-state index is 13.7. The highest BCUT2D eigenvalue weighted by Gasteiger charge is 2.49. The summed E-state index contributed by atoms with van der Waals surface area (Å²) in [5.74, 6) is -1.75. The van der Waals surface area contributed by atoms with Crippen LogP contribution in [-0.4, -0.2) is 102 Å². The number of hydrogen-bond acceptors (Lipinski definition) is 19. The first-order valence-electron chi connectivity index (χ1n) is 28.1. The number of nitriles is 3. The van der Waals surface area contributed by atoms with Crippen molar-refractivity contribution in [2.24, 2.45) is 22.2 Å². The topological polar surface area (TPSA) is 295 Å². The lowest BCUT2D eigenvalue weighted by molar-refractivity contribution is -0.137. The monoisotopic (exact) mass is 1240 g/mol. The summed E-state index contributed by atoms with van der Waals surface area (Å²) in [6, 6.07) is 19.3. The third-order valence-corrected chi connectivity index (χ3v) is 17.1. The molecule has 0 saturated heterocycles. The highest BCUT2D eigenvalue weighted by atomic mass is 35.5. The smallest absolute Gasteiger partial charge is 0.392 e. The quantitative estimate of drug-likeness (QED) is 0.0276. The van der Waals surface area contributed by atoms with E-state index in [1.54, 1.807) is 31.2 Å². The van der Waals surface area contributed by atoms with Crippen molar-refractivity contribution in [1.82, 2.24) is 29.9 Å². The van der Waals surface area contributed by atoms with Crippen LogP contribution in [0.4, 0.5) is 61.6 Å². The summed E-state index contributed by atoms with van der Waals surface area (Å²) in [6.45, 7) is 16.6. The Morgan fingerprint density at radius 2 is 1.09 bits per heavy atom. The number of Topliss-reactive ketones (excluding diaryl/α,β-unsaturated/α-hetero) is 2. The standard InChI is InChI=1S/C22H24F5N5O.C20H22ClN5O.C20H22FN5O2.3H2/c1-20(2)16(9-17(20)33)31-18-13(10-28)11-30-19(32-18)29-5-4-12-6-14(21(3,23)24)8-15(7-12)22(25,26)27;1-12-8-17(20(12,2)3)25-18-14(9-22)10-23-19(26-18)24-11-16(27)13-4-6-15(21)7-5-13;1-11-6-13(21)4-5-14(11)15(27)10-24-19-23-9-12(8-22)18(26-19)25-16-7-17(28)20(16,2)3;;;/h6-8,11,16-17,33H,4-5,9H2,1-3H3,(H2,29,30,31,32);4-7,10,12,17H,8,11H2,1-3H3,(H2,23,24,25,26);4-6,9,16-17,28H,7,10H2,1-3H3,(H2,23,24,25,26);3*1H/t16-,17+;12-,17+;16-,17+;;;/m101.../s1. The van der Waals surface area contributed by atoms with Gasteiger partial charge in [-0.3, -0.25) is 9.59 Å². The fourth-order valence-electron chi connectivity index (χ4n) is 9.82. The Hall–Kier alpha value is -8.70. The molecule has 26 heteroatoms. The highest BCUT2D eigenvalue weighted by molar-refractivity contribution is 6.30. The van der Waals surface area contributed by atoms with Gasteiger partial charge < -0.3 is 42.1 Å².